The van der Waals surface area contributed by atoms with Crippen LogP contribution < -0.4 is 18.3 Å². The van der Waals surface area contributed by atoms with Gasteiger partial charge in [-0.25, -0.2) is 42.6 Å². The molecule has 24 rings (SSSR count). The molecule has 24 aromatic rings. The molecule has 0 radical (unpaired) electrons. The number of nitrogens with zero attached hydrogens (tertiary/aromatic N) is 8. The number of hydrogen-bond acceptors (Lipinski definition) is 8. The summed E-state index contributed by atoms with van der Waals surface area (Å²) < 4.78 is 71.7. The Morgan fingerprint density at radius 2 is 0.551 bits per heavy atom. The standard InChI is InChI=1S/2C29H23N2O.C28H20FN2O.C28H21N2O/c1-18-13-14-22-24-15-21-11-7-8-12-25(21)30-29(24)32-28(22)27(18)26-16-23(19(2)17-31(26)3)20-9-5-4-6-10-20;1-18-8-11-20(12-9-18)21-14-15-31(3)26(17-21)27-19(2)10-13-23-24-16-22-6-4-5-7-25(22)30-29(24)32-28(23)27;1-17-7-12-22-23-15-20-5-3-4-6-24(20)30-28(23)32-27(22)26(17)25-16-19(13-14-31(25)2)18-8-10-21(29)11-9-18;1-18-12-13-22-23-16-21-10-6-7-11-24(21)29-28(23)31-27(22)26(18)25-17-20(14-15-30(25)2)19-8-4-3-5-9-19/h2*4-17H,1-3H3;3-16H,1-2H3;3-17H,1-2H3/q4*+1/i2D3;;;. The van der Waals surface area contributed by atoms with Gasteiger partial charge in [0.25, 0.3) is 0 Å². The van der Waals surface area contributed by atoms with E-state index in [9.17, 15) is 4.39 Å². The third kappa shape index (κ3) is 14.4. The van der Waals surface area contributed by atoms with Gasteiger partial charge in [0.2, 0.25) is 45.6 Å². The van der Waals surface area contributed by atoms with Gasteiger partial charge in [-0.05, 0) is 169 Å². The molecule has 12 aromatic heterocycles. The number of rotatable bonds is 8. The van der Waals surface area contributed by atoms with E-state index in [1.165, 1.54) is 51.1 Å². The average Bonchev–Trinajstić information content (AvgIpc) is 1.68. The van der Waals surface area contributed by atoms with Gasteiger partial charge in [-0.1, -0.05) is 224 Å². The number of fused-ring (bicyclic) bond motifs is 16. The highest BCUT2D eigenvalue weighted by atomic mass is 19.1. The molecule has 610 valence electrons. The van der Waals surface area contributed by atoms with Crippen molar-refractivity contribution in [2.75, 3.05) is 0 Å². The van der Waals surface area contributed by atoms with Crippen molar-refractivity contribution in [3.8, 4) is 89.5 Å². The van der Waals surface area contributed by atoms with E-state index in [1.54, 1.807) is 18.3 Å². The molecule has 0 aliphatic heterocycles. The molecule has 0 aliphatic carbocycles. The van der Waals surface area contributed by atoms with Crippen molar-refractivity contribution in [2.45, 2.75) is 41.5 Å². The Hall–Kier alpha value is -16.0. The van der Waals surface area contributed by atoms with Gasteiger partial charge in [-0.15, -0.1) is 0 Å². The fourth-order valence-electron chi connectivity index (χ4n) is 17.9. The van der Waals surface area contributed by atoms with Crippen LogP contribution in [-0.2, 0) is 28.2 Å². The number of hydrogen-bond donors (Lipinski definition) is 0. The summed E-state index contributed by atoms with van der Waals surface area (Å²) >= 11 is 0. The molecule has 127 heavy (non-hydrogen) atoms. The lowest BCUT2D eigenvalue weighted by Gasteiger charge is -2.10. The lowest BCUT2D eigenvalue weighted by Crippen LogP contribution is -2.31. The molecule has 0 amide bonds. The highest BCUT2D eigenvalue weighted by molar-refractivity contribution is 6.15. The Kier molecular flexibility index (Phi) is 18.9. The van der Waals surface area contributed by atoms with Crippen LogP contribution in [0.25, 0.3) is 221 Å². The van der Waals surface area contributed by atoms with Crippen molar-refractivity contribution in [3.63, 3.8) is 0 Å². The van der Waals surface area contributed by atoms with Gasteiger partial charge in [-0.3, -0.25) is 0 Å². The lowest BCUT2D eigenvalue weighted by atomic mass is 9.96. The van der Waals surface area contributed by atoms with E-state index in [1.807, 2.05) is 153 Å². The molecule has 0 saturated heterocycles. The minimum Gasteiger partial charge on any atom is -0.437 e. The number of pyridine rings is 8. The van der Waals surface area contributed by atoms with E-state index in [0.717, 1.165) is 182 Å². The first-order valence-electron chi connectivity index (χ1n) is 44.0. The molecule has 0 spiro atoms. The maximum Gasteiger partial charge on any atom is 0.227 e. The summed E-state index contributed by atoms with van der Waals surface area (Å²) in [5.74, 6) is -0.238. The molecule has 0 bridgehead atoms. The molecule has 13 heteroatoms. The van der Waals surface area contributed by atoms with Crippen LogP contribution in [0.15, 0.2) is 364 Å². The number of aromatic nitrogens is 8. The normalized spacial score (nSPS) is 12.0. The van der Waals surface area contributed by atoms with Crippen molar-refractivity contribution in [1.29, 1.82) is 0 Å². The lowest BCUT2D eigenvalue weighted by molar-refractivity contribution is -0.660. The molecule has 12 nitrogen and oxygen atoms in total. The zero-order valence-corrected chi connectivity index (χ0v) is 71.5. The summed E-state index contributed by atoms with van der Waals surface area (Å²) in [5, 5.41) is 12.7. The van der Waals surface area contributed by atoms with Crippen molar-refractivity contribution in [3.05, 3.63) is 386 Å². The Balaban J connectivity index is 0.000000105. The minimum atomic E-state index is -2.24. The second kappa shape index (κ2) is 32.0. The zero-order chi connectivity index (χ0) is 88.9. The number of furan rings is 4. The van der Waals surface area contributed by atoms with Crippen LogP contribution in [0.5, 0.6) is 0 Å². The summed E-state index contributed by atoms with van der Waals surface area (Å²) in [6.45, 7) is 8.29. The van der Waals surface area contributed by atoms with Crippen LogP contribution in [-0.4, -0.2) is 19.9 Å². The zero-order valence-electron chi connectivity index (χ0n) is 74.5. The summed E-state index contributed by atoms with van der Waals surface area (Å²) in [5.41, 5.74) is 32.4. The molecule has 0 atom stereocenters. The van der Waals surface area contributed by atoms with Crippen LogP contribution in [0.2, 0.25) is 0 Å². The van der Waals surface area contributed by atoms with E-state index in [-0.39, 0.29) is 5.82 Å². The molecule has 12 aromatic carbocycles. The number of aryl methyl sites for hydroxylation is 10. The first-order valence-corrected chi connectivity index (χ1v) is 42.5. The summed E-state index contributed by atoms with van der Waals surface area (Å²) in [6.07, 6.45) is 7.99. The Bertz CT molecular complexity index is 8410. The fourth-order valence-corrected chi connectivity index (χ4v) is 17.9. The van der Waals surface area contributed by atoms with Crippen molar-refractivity contribution < 1.29 is 44.4 Å². The molecule has 12 heterocycles. The molecular weight excluding hydrogens is 1560 g/mol. The topological polar surface area (TPSA) is 120 Å². The third-order valence-corrected chi connectivity index (χ3v) is 24.7. The van der Waals surface area contributed by atoms with Crippen molar-refractivity contribution >= 4 is 132 Å². The molecule has 0 unspecified atom stereocenters. The minimum absolute atomic E-state index is 0.238. The average molecular weight is 1660 g/mol. The third-order valence-electron chi connectivity index (χ3n) is 24.7. The van der Waals surface area contributed by atoms with Crippen LogP contribution in [0.1, 0.15) is 37.5 Å². The molecule has 0 saturated carbocycles. The first kappa shape index (κ1) is 74.8. The second-order valence-electron chi connectivity index (χ2n) is 33.0. The first-order chi connectivity index (χ1) is 63.2. The number of benzene rings is 12. The smallest absolute Gasteiger partial charge is 0.227 e. The van der Waals surface area contributed by atoms with Crippen LogP contribution in [0.3, 0.4) is 0 Å². The Morgan fingerprint density at radius 1 is 0.260 bits per heavy atom. The highest BCUT2D eigenvalue weighted by Gasteiger charge is 2.29. The van der Waals surface area contributed by atoms with Gasteiger partial charge >= 0.3 is 0 Å². The van der Waals surface area contributed by atoms with Crippen LogP contribution >= 0.6 is 0 Å². The van der Waals surface area contributed by atoms with Gasteiger partial charge in [0, 0.05) is 117 Å². The monoisotopic (exact) mass is 1650 g/mol. The molecule has 0 aliphatic rings. The van der Waals surface area contributed by atoms with Crippen molar-refractivity contribution in [2.24, 2.45) is 28.2 Å². The van der Waals surface area contributed by atoms with Gasteiger partial charge < -0.3 is 17.7 Å². The quantitative estimate of drug-likeness (QED) is 0.138. The number of para-hydroxylation sites is 4. The summed E-state index contributed by atoms with van der Waals surface area (Å²) in [7, 11) is 8.07. The van der Waals surface area contributed by atoms with E-state index < -0.39 is 6.85 Å². The Morgan fingerprint density at radius 3 is 0.882 bits per heavy atom. The van der Waals surface area contributed by atoms with Crippen LogP contribution in [0, 0.1) is 47.3 Å². The highest BCUT2D eigenvalue weighted by Crippen LogP contribution is 2.45. The van der Waals surface area contributed by atoms with E-state index in [0.29, 0.717) is 34.0 Å². The fraction of sp³-hybridized carbons (Fsp3) is 0.0877. The predicted molar refractivity (Wildman–Crippen MR) is 513 cm³/mol. The van der Waals surface area contributed by atoms with Crippen molar-refractivity contribution in [1.82, 2.24) is 19.9 Å². The largest absolute Gasteiger partial charge is 0.437 e. The maximum absolute atomic E-state index is 13.4. The number of halogens is 1. The Labute approximate surface area is 736 Å². The predicted octanol–water partition coefficient (Wildman–Crippen LogP) is 27.2. The van der Waals surface area contributed by atoms with E-state index in [2.05, 4.69) is 244 Å². The summed E-state index contributed by atoms with van der Waals surface area (Å²) in [4.78, 5) is 19.1. The maximum atomic E-state index is 13.4. The molecule has 0 fully saturated rings. The molecule has 0 N–H and O–H groups in total. The van der Waals surface area contributed by atoms with Gasteiger partial charge in [0.1, 0.15) is 34.0 Å². The van der Waals surface area contributed by atoms with Gasteiger partial charge in [0.05, 0.1) is 44.3 Å². The van der Waals surface area contributed by atoms with Gasteiger partial charge in [0.15, 0.2) is 47.1 Å². The SMILES string of the molecule is Cc1ccc(-c2cc[n+](C)c(-c3c(C)ccc4c3oc3nc5ccccc5cc34)c2)cc1.Cc1ccc2c(oc3nc4ccccc4cc32)c1-c1cc(-c2ccc(F)cc2)cc[n+]1C.Cc1ccc2c(oc3nc4ccccc4cc32)c1-c1cc(-c2ccccc2)cc[n+]1C.[2H]C([2H])([2H])c1c[n+](C)c(-c2c(C)ccc3c2oc2nc4ccccc4cc23)cc1-c1ccccc1. The molecular formula is C114H87FN8O4+4. The summed E-state index contributed by atoms with van der Waals surface area (Å²) in [6, 6.07) is 108. The van der Waals surface area contributed by atoms with E-state index in [4.69, 9.17) is 41.7 Å². The van der Waals surface area contributed by atoms with Gasteiger partial charge in [-0.2, -0.15) is 0 Å². The second-order valence-corrected chi connectivity index (χ2v) is 33.0. The van der Waals surface area contributed by atoms with Crippen LogP contribution in [0.4, 0.5) is 4.39 Å². The van der Waals surface area contributed by atoms with E-state index >= 15 is 0 Å².